The van der Waals surface area contributed by atoms with Crippen molar-refractivity contribution in [1.82, 2.24) is 0 Å². The Hall–Kier alpha value is -1.45. The molecule has 0 spiro atoms. The first-order valence-corrected chi connectivity index (χ1v) is 10.2. The molecule has 0 heterocycles. The van der Waals surface area contributed by atoms with Crippen LogP contribution in [0.2, 0.25) is 0 Å². The number of rotatable bonds is 1. The van der Waals surface area contributed by atoms with Gasteiger partial charge in [-0.15, -0.1) is 0 Å². The van der Waals surface area contributed by atoms with Gasteiger partial charge in [0, 0.05) is 19.3 Å². The van der Waals surface area contributed by atoms with E-state index in [1.165, 1.54) is 6.92 Å². The average molecular weight is 358 g/mol. The van der Waals surface area contributed by atoms with Gasteiger partial charge in [-0.2, -0.15) is 0 Å². The summed E-state index contributed by atoms with van der Waals surface area (Å²) in [5.74, 6) is 0.468. The minimum Gasteiger partial charge on any atom is -0.393 e. The molecule has 0 amide bonds. The molecule has 0 aliphatic heterocycles. The van der Waals surface area contributed by atoms with E-state index < -0.39 is 11.9 Å². The molecule has 0 aromatic rings. The Morgan fingerprint density at radius 3 is 2.62 bits per heavy atom. The number of carbonyl (C=O) groups is 3. The van der Waals surface area contributed by atoms with Gasteiger partial charge in [0.15, 0.2) is 0 Å². The molecule has 7 atom stereocenters. The van der Waals surface area contributed by atoms with Gasteiger partial charge in [-0.3, -0.25) is 14.4 Å². The van der Waals surface area contributed by atoms with E-state index in [0.717, 1.165) is 38.5 Å². The van der Waals surface area contributed by atoms with Crippen molar-refractivity contribution < 1.29 is 19.1 Å². The molecule has 4 heteroatoms. The predicted molar refractivity (Wildman–Crippen MR) is 96.9 cm³/mol. The lowest BCUT2D eigenvalue weighted by atomic mass is 9.45. The number of Topliss-reactive ketones (excluding diaryl/α,β-unsaturated/α-hetero) is 1. The first-order valence-electron chi connectivity index (χ1n) is 10.2. The number of carbonyl (C=O) groups excluding carboxylic acids is 3. The van der Waals surface area contributed by atoms with Crippen molar-refractivity contribution in [2.75, 3.05) is 0 Å². The highest BCUT2D eigenvalue weighted by molar-refractivity contribution is 5.89. The predicted octanol–water partition coefficient (Wildman–Crippen LogP) is 4.08. The lowest BCUT2D eigenvalue weighted by Gasteiger charge is -2.58. The average Bonchev–Trinajstić information content (AvgIpc) is 2.89. The number of ether oxygens (including phenoxy) is 1. The van der Waals surface area contributed by atoms with Crippen molar-refractivity contribution in [3.8, 4) is 0 Å². The summed E-state index contributed by atoms with van der Waals surface area (Å²) < 4.78 is 4.93. The highest BCUT2D eigenvalue weighted by Crippen LogP contribution is 2.65. The van der Waals surface area contributed by atoms with Crippen LogP contribution in [0, 0.1) is 40.4 Å². The van der Waals surface area contributed by atoms with Crippen molar-refractivity contribution in [2.45, 2.75) is 65.7 Å². The largest absolute Gasteiger partial charge is 0.393 e. The third-order valence-corrected chi connectivity index (χ3v) is 8.37. The van der Waals surface area contributed by atoms with Gasteiger partial charge in [-0.1, -0.05) is 26.0 Å². The summed E-state index contributed by atoms with van der Waals surface area (Å²) in [6, 6.07) is 0. The van der Waals surface area contributed by atoms with E-state index in [1.54, 1.807) is 0 Å². The zero-order valence-electron chi connectivity index (χ0n) is 16.1. The van der Waals surface area contributed by atoms with Crippen molar-refractivity contribution in [3.05, 3.63) is 12.2 Å². The van der Waals surface area contributed by atoms with Crippen LogP contribution in [0.3, 0.4) is 0 Å². The van der Waals surface area contributed by atoms with Crippen molar-refractivity contribution >= 4 is 17.7 Å². The first-order chi connectivity index (χ1) is 12.3. The lowest BCUT2D eigenvalue weighted by Crippen LogP contribution is -2.56. The molecule has 4 aliphatic rings. The van der Waals surface area contributed by atoms with Crippen LogP contribution >= 0.6 is 0 Å². The molecule has 0 saturated heterocycles. The van der Waals surface area contributed by atoms with E-state index in [9.17, 15) is 14.4 Å². The second kappa shape index (κ2) is 6.03. The third kappa shape index (κ3) is 2.44. The van der Waals surface area contributed by atoms with Crippen LogP contribution in [0.15, 0.2) is 12.2 Å². The summed E-state index contributed by atoms with van der Waals surface area (Å²) in [6.07, 6.45) is 11.2. The summed E-state index contributed by atoms with van der Waals surface area (Å²) in [5.41, 5.74) is -0.271. The molecule has 3 saturated carbocycles. The zero-order valence-corrected chi connectivity index (χ0v) is 16.1. The van der Waals surface area contributed by atoms with Gasteiger partial charge in [-0.25, -0.2) is 0 Å². The van der Waals surface area contributed by atoms with Gasteiger partial charge in [0.25, 0.3) is 0 Å². The topological polar surface area (TPSA) is 60.4 Å². The second-order valence-electron chi connectivity index (χ2n) is 9.60. The molecule has 0 aromatic heterocycles. The molecular weight excluding hydrogens is 328 g/mol. The van der Waals surface area contributed by atoms with Crippen molar-refractivity contribution in [1.29, 1.82) is 0 Å². The van der Waals surface area contributed by atoms with Crippen LogP contribution < -0.4 is 0 Å². The second-order valence-corrected chi connectivity index (χ2v) is 9.60. The van der Waals surface area contributed by atoms with Gasteiger partial charge in [-0.05, 0) is 67.1 Å². The van der Waals surface area contributed by atoms with E-state index in [2.05, 4.69) is 26.0 Å². The number of hydrogen-bond acceptors (Lipinski definition) is 4. The molecule has 26 heavy (non-hydrogen) atoms. The molecule has 0 N–H and O–H groups in total. The standard InChI is InChI=1S/C22H30O4/c1-13(23)26-20(25)17-10-9-16-15-8-7-14-6-4-5-11-21(14,2)19(15)18(24)12-22(16,17)3/h4,6,14-17,19H,5,7-12H2,1-3H3/t14-,15+,16+,17-,19-,21+,22+/m1/s1. The molecule has 142 valence electrons. The van der Waals surface area contributed by atoms with Crippen LogP contribution in [0.4, 0.5) is 0 Å². The Balaban J connectivity index is 1.65. The summed E-state index contributed by atoms with van der Waals surface area (Å²) in [6.45, 7) is 5.70. The maximum atomic E-state index is 13.4. The van der Waals surface area contributed by atoms with E-state index in [-0.39, 0.29) is 22.7 Å². The molecule has 3 fully saturated rings. The van der Waals surface area contributed by atoms with Crippen LogP contribution in [0.1, 0.15) is 65.7 Å². The van der Waals surface area contributed by atoms with Gasteiger partial charge in [0.05, 0.1) is 5.92 Å². The molecule has 4 rings (SSSR count). The highest BCUT2D eigenvalue weighted by atomic mass is 16.6. The van der Waals surface area contributed by atoms with Crippen LogP contribution in [0.5, 0.6) is 0 Å². The highest BCUT2D eigenvalue weighted by Gasteiger charge is 2.63. The van der Waals surface area contributed by atoms with Crippen LogP contribution in [0.25, 0.3) is 0 Å². The fraction of sp³-hybridized carbons (Fsp3) is 0.773. The molecule has 0 bridgehead atoms. The molecule has 4 aliphatic carbocycles. The summed E-state index contributed by atoms with van der Waals surface area (Å²) in [5, 5.41) is 0. The maximum absolute atomic E-state index is 13.4. The Bertz CT molecular complexity index is 680. The summed E-state index contributed by atoms with van der Waals surface area (Å²) in [4.78, 5) is 37.1. The fourth-order valence-electron chi connectivity index (χ4n) is 7.25. The van der Waals surface area contributed by atoms with Gasteiger partial charge < -0.3 is 4.74 Å². The number of ketones is 1. The molecular formula is C22H30O4. The van der Waals surface area contributed by atoms with E-state index >= 15 is 0 Å². The molecule has 0 radical (unpaired) electrons. The number of fused-ring (bicyclic) bond motifs is 5. The minimum absolute atomic E-state index is 0.0774. The van der Waals surface area contributed by atoms with E-state index in [0.29, 0.717) is 30.0 Å². The minimum atomic E-state index is -0.552. The van der Waals surface area contributed by atoms with Gasteiger partial charge in [0.1, 0.15) is 5.78 Å². The van der Waals surface area contributed by atoms with E-state index in [4.69, 9.17) is 4.74 Å². The normalized spacial score (nSPS) is 46.9. The smallest absolute Gasteiger partial charge is 0.317 e. The fourth-order valence-corrected chi connectivity index (χ4v) is 7.25. The van der Waals surface area contributed by atoms with Crippen molar-refractivity contribution in [2.24, 2.45) is 40.4 Å². The lowest BCUT2D eigenvalue weighted by molar-refractivity contribution is -0.168. The van der Waals surface area contributed by atoms with Gasteiger partial charge >= 0.3 is 11.9 Å². The summed E-state index contributed by atoms with van der Waals surface area (Å²) >= 11 is 0. The van der Waals surface area contributed by atoms with Crippen LogP contribution in [-0.2, 0) is 19.1 Å². The van der Waals surface area contributed by atoms with Gasteiger partial charge in [0.2, 0.25) is 0 Å². The zero-order chi connectivity index (χ0) is 18.7. The SMILES string of the molecule is CC(=O)OC(=O)[C@H]1CC[C@H]2[C@@H]3CC[C@H]4C=CCC[C@]4(C)[C@H]3C(=O)C[C@]12C. The van der Waals surface area contributed by atoms with E-state index in [1.807, 2.05) is 0 Å². The van der Waals surface area contributed by atoms with Crippen LogP contribution in [-0.4, -0.2) is 17.7 Å². The Morgan fingerprint density at radius 2 is 1.88 bits per heavy atom. The Kier molecular flexibility index (Phi) is 4.16. The third-order valence-electron chi connectivity index (χ3n) is 8.37. The monoisotopic (exact) mass is 358 g/mol. The number of allylic oxidation sites excluding steroid dienone is 2. The summed E-state index contributed by atoms with van der Waals surface area (Å²) in [7, 11) is 0. The molecule has 0 unspecified atom stereocenters. The maximum Gasteiger partial charge on any atom is 0.317 e. The number of esters is 2. The quantitative estimate of drug-likeness (QED) is 0.402. The Morgan fingerprint density at radius 1 is 1.12 bits per heavy atom. The number of hydrogen-bond donors (Lipinski definition) is 0. The molecule has 4 nitrogen and oxygen atoms in total. The Labute approximate surface area is 155 Å². The first kappa shape index (κ1) is 17.9. The molecule has 0 aromatic carbocycles. The van der Waals surface area contributed by atoms with Crippen molar-refractivity contribution in [3.63, 3.8) is 0 Å².